The van der Waals surface area contributed by atoms with Gasteiger partial charge in [0, 0.05) is 13.1 Å². The van der Waals surface area contributed by atoms with Crippen LogP contribution >= 0.6 is 0 Å². The Kier molecular flexibility index (Phi) is 8.40. The molecule has 1 heterocycles. The number of ether oxygens (including phenoxy) is 4. The molecule has 4 N–H and O–H groups in total. The number of anilines is 3. The molecule has 3 aromatic rings. The second-order valence-electron chi connectivity index (χ2n) is 7.22. The number of nitrogen functional groups attached to an aromatic ring is 1. The van der Waals surface area contributed by atoms with E-state index in [1.54, 1.807) is 28.4 Å². The number of aromatic nitrogens is 2. The topological polar surface area (TPSA) is 113 Å². The number of nitrogens with two attached hydrogens (primary N) is 1. The summed E-state index contributed by atoms with van der Waals surface area (Å²) in [5.74, 6) is 4.02. The zero-order valence-corrected chi connectivity index (χ0v) is 19.5. The first-order chi connectivity index (χ1) is 16.1. The highest BCUT2D eigenvalue weighted by atomic mass is 16.5. The quantitative estimate of drug-likeness (QED) is 0.380. The number of benzene rings is 2. The molecule has 0 aliphatic heterocycles. The van der Waals surface area contributed by atoms with Crippen molar-refractivity contribution >= 4 is 17.3 Å². The molecule has 0 atom stereocenters. The first-order valence-electron chi connectivity index (χ1n) is 10.6. The first-order valence-corrected chi connectivity index (χ1v) is 10.6. The zero-order chi connectivity index (χ0) is 23.6. The molecule has 0 amide bonds. The highest BCUT2D eigenvalue weighted by Crippen LogP contribution is 2.29. The average molecular weight is 454 g/mol. The number of hydrogen-bond donors (Lipinski definition) is 3. The molecule has 2 aromatic carbocycles. The van der Waals surface area contributed by atoms with Gasteiger partial charge >= 0.3 is 0 Å². The molecule has 9 heteroatoms. The third-order valence-electron chi connectivity index (χ3n) is 5.19. The summed E-state index contributed by atoms with van der Waals surface area (Å²) in [6.45, 7) is 1.31. The zero-order valence-electron chi connectivity index (χ0n) is 19.5. The summed E-state index contributed by atoms with van der Waals surface area (Å²) in [5, 5.41) is 6.57. The Morgan fingerprint density at radius 2 is 1.09 bits per heavy atom. The van der Waals surface area contributed by atoms with E-state index in [0.717, 1.165) is 24.0 Å². The number of rotatable bonds is 12. The molecular formula is C24H31N5O4. The standard InChI is InChI=1S/C24H31N5O4/c1-30-18-7-5-16(13-20(18)32-3)9-11-26-23-22(25)24(29-15-28-23)27-12-10-17-6-8-19(31-2)21(14-17)33-4/h5-8,13-15H,9-12,25H2,1-4H3,(H2,26,27,28,29). The van der Waals surface area contributed by atoms with Gasteiger partial charge in [-0.05, 0) is 48.2 Å². The van der Waals surface area contributed by atoms with E-state index in [4.69, 9.17) is 24.7 Å². The molecule has 33 heavy (non-hydrogen) atoms. The summed E-state index contributed by atoms with van der Waals surface area (Å²) in [6.07, 6.45) is 3.03. The Balaban J connectivity index is 1.55. The minimum absolute atomic E-state index is 0.483. The lowest BCUT2D eigenvalue weighted by molar-refractivity contribution is 0.354. The van der Waals surface area contributed by atoms with Gasteiger partial charge in [-0.2, -0.15) is 0 Å². The molecular weight excluding hydrogens is 422 g/mol. The van der Waals surface area contributed by atoms with E-state index in [0.29, 0.717) is 53.4 Å². The van der Waals surface area contributed by atoms with Crippen LogP contribution in [0, 0.1) is 0 Å². The van der Waals surface area contributed by atoms with Crippen molar-refractivity contribution in [2.24, 2.45) is 0 Å². The second kappa shape index (κ2) is 11.7. The van der Waals surface area contributed by atoms with Gasteiger partial charge in [-0.1, -0.05) is 12.1 Å². The van der Waals surface area contributed by atoms with Crippen LogP contribution in [-0.4, -0.2) is 51.5 Å². The van der Waals surface area contributed by atoms with Crippen LogP contribution in [0.5, 0.6) is 23.0 Å². The van der Waals surface area contributed by atoms with E-state index in [-0.39, 0.29) is 0 Å². The maximum absolute atomic E-state index is 6.29. The maximum atomic E-state index is 6.29. The fraction of sp³-hybridized carbons (Fsp3) is 0.333. The van der Waals surface area contributed by atoms with Crippen molar-refractivity contribution in [3.63, 3.8) is 0 Å². The lowest BCUT2D eigenvalue weighted by Crippen LogP contribution is -2.13. The smallest absolute Gasteiger partial charge is 0.160 e. The fourth-order valence-corrected chi connectivity index (χ4v) is 3.40. The van der Waals surface area contributed by atoms with Crippen molar-refractivity contribution in [1.82, 2.24) is 9.97 Å². The predicted octanol–water partition coefficient (Wildman–Crippen LogP) is 3.40. The summed E-state index contributed by atoms with van der Waals surface area (Å²) in [5.41, 5.74) is 8.99. The number of methoxy groups -OCH3 is 4. The molecule has 9 nitrogen and oxygen atoms in total. The molecule has 0 bridgehead atoms. The van der Waals surface area contributed by atoms with Crippen molar-refractivity contribution in [3.05, 3.63) is 53.9 Å². The third-order valence-corrected chi connectivity index (χ3v) is 5.19. The van der Waals surface area contributed by atoms with Crippen LogP contribution in [0.1, 0.15) is 11.1 Å². The SMILES string of the molecule is COc1ccc(CCNc2ncnc(NCCc3ccc(OC)c(OC)c3)c2N)cc1OC. The third kappa shape index (κ3) is 6.09. The molecule has 1 aromatic heterocycles. The highest BCUT2D eigenvalue weighted by molar-refractivity contribution is 5.74. The first kappa shape index (κ1) is 23.8. The van der Waals surface area contributed by atoms with Crippen LogP contribution in [0.3, 0.4) is 0 Å². The van der Waals surface area contributed by atoms with E-state index in [2.05, 4.69) is 20.6 Å². The van der Waals surface area contributed by atoms with Gasteiger partial charge in [-0.3, -0.25) is 0 Å². The minimum atomic E-state index is 0.483. The summed E-state index contributed by atoms with van der Waals surface area (Å²) >= 11 is 0. The molecule has 0 aliphatic carbocycles. The van der Waals surface area contributed by atoms with Gasteiger partial charge in [0.1, 0.15) is 12.0 Å². The van der Waals surface area contributed by atoms with Gasteiger partial charge in [0.25, 0.3) is 0 Å². The second-order valence-corrected chi connectivity index (χ2v) is 7.22. The predicted molar refractivity (Wildman–Crippen MR) is 130 cm³/mol. The van der Waals surface area contributed by atoms with E-state index >= 15 is 0 Å². The minimum Gasteiger partial charge on any atom is -0.493 e. The molecule has 0 saturated carbocycles. The molecule has 176 valence electrons. The molecule has 0 unspecified atom stereocenters. The van der Waals surface area contributed by atoms with Crippen LogP contribution < -0.4 is 35.3 Å². The molecule has 0 spiro atoms. The Morgan fingerprint density at radius 3 is 1.48 bits per heavy atom. The Morgan fingerprint density at radius 1 is 0.667 bits per heavy atom. The molecule has 0 fully saturated rings. The number of nitrogens with one attached hydrogen (secondary N) is 2. The molecule has 3 rings (SSSR count). The fourth-order valence-electron chi connectivity index (χ4n) is 3.40. The summed E-state index contributed by atoms with van der Waals surface area (Å²) in [4.78, 5) is 8.55. The van der Waals surface area contributed by atoms with E-state index in [1.165, 1.54) is 6.33 Å². The van der Waals surface area contributed by atoms with Crippen molar-refractivity contribution in [1.29, 1.82) is 0 Å². The van der Waals surface area contributed by atoms with E-state index in [1.807, 2.05) is 36.4 Å². The van der Waals surface area contributed by atoms with Gasteiger partial charge in [0.2, 0.25) is 0 Å². The monoisotopic (exact) mass is 453 g/mol. The highest BCUT2D eigenvalue weighted by Gasteiger charge is 2.09. The van der Waals surface area contributed by atoms with Crippen molar-refractivity contribution in [2.45, 2.75) is 12.8 Å². The molecule has 0 saturated heterocycles. The molecule has 0 radical (unpaired) electrons. The lowest BCUT2D eigenvalue weighted by atomic mass is 10.1. The van der Waals surface area contributed by atoms with Gasteiger partial charge in [0.15, 0.2) is 34.6 Å². The molecule has 0 aliphatic rings. The van der Waals surface area contributed by atoms with Crippen molar-refractivity contribution in [3.8, 4) is 23.0 Å². The van der Waals surface area contributed by atoms with Crippen LogP contribution in [-0.2, 0) is 12.8 Å². The summed E-state index contributed by atoms with van der Waals surface area (Å²) in [6, 6.07) is 11.7. The van der Waals surface area contributed by atoms with Crippen LogP contribution in [0.4, 0.5) is 17.3 Å². The van der Waals surface area contributed by atoms with E-state index < -0.39 is 0 Å². The maximum Gasteiger partial charge on any atom is 0.160 e. The average Bonchev–Trinajstić information content (AvgIpc) is 2.85. The van der Waals surface area contributed by atoms with Gasteiger partial charge in [0.05, 0.1) is 28.4 Å². The number of nitrogens with zero attached hydrogens (tertiary/aromatic N) is 2. The van der Waals surface area contributed by atoms with Crippen molar-refractivity contribution in [2.75, 3.05) is 57.9 Å². The van der Waals surface area contributed by atoms with Crippen LogP contribution in [0.25, 0.3) is 0 Å². The number of hydrogen-bond acceptors (Lipinski definition) is 9. The summed E-state index contributed by atoms with van der Waals surface area (Å²) in [7, 11) is 6.50. The Bertz CT molecular complexity index is 981. The van der Waals surface area contributed by atoms with Gasteiger partial charge in [-0.15, -0.1) is 0 Å². The van der Waals surface area contributed by atoms with Gasteiger partial charge < -0.3 is 35.3 Å². The van der Waals surface area contributed by atoms with E-state index in [9.17, 15) is 0 Å². The lowest BCUT2D eigenvalue weighted by Gasteiger charge is -2.14. The van der Waals surface area contributed by atoms with Crippen LogP contribution in [0.2, 0.25) is 0 Å². The Hall–Kier alpha value is -3.88. The van der Waals surface area contributed by atoms with Crippen LogP contribution in [0.15, 0.2) is 42.7 Å². The van der Waals surface area contributed by atoms with Crippen molar-refractivity contribution < 1.29 is 18.9 Å². The largest absolute Gasteiger partial charge is 0.493 e. The van der Waals surface area contributed by atoms with Gasteiger partial charge in [-0.25, -0.2) is 9.97 Å². The normalized spacial score (nSPS) is 10.4. The summed E-state index contributed by atoms with van der Waals surface area (Å²) < 4.78 is 21.3. The Labute approximate surface area is 194 Å².